The van der Waals surface area contributed by atoms with Crippen molar-refractivity contribution in [2.45, 2.75) is 26.7 Å². The molecule has 1 heterocycles. The van der Waals surface area contributed by atoms with Crippen LogP contribution in [0.1, 0.15) is 37.0 Å². The van der Waals surface area contributed by atoms with Gasteiger partial charge in [-0.25, -0.2) is 0 Å². The van der Waals surface area contributed by atoms with Crippen LogP contribution in [0.5, 0.6) is 0 Å². The number of anilines is 1. The highest BCUT2D eigenvalue weighted by molar-refractivity contribution is 5.94. The highest BCUT2D eigenvalue weighted by atomic mass is 16.4. The van der Waals surface area contributed by atoms with Gasteiger partial charge in [0.25, 0.3) is 0 Å². The second-order valence-electron chi connectivity index (χ2n) is 6.38. The number of rotatable bonds is 6. The molecule has 0 aliphatic carbocycles. The molecule has 0 saturated carbocycles. The molecule has 1 amide bonds. The number of hydrogen-bond donors (Lipinski definition) is 1. The van der Waals surface area contributed by atoms with Gasteiger partial charge in [0.05, 0.1) is 0 Å². The van der Waals surface area contributed by atoms with Crippen LogP contribution < -0.4 is 4.90 Å². The first-order valence-corrected chi connectivity index (χ1v) is 8.22. The van der Waals surface area contributed by atoms with Crippen LogP contribution in [-0.2, 0) is 9.59 Å². The van der Waals surface area contributed by atoms with Gasteiger partial charge < -0.3 is 14.9 Å². The van der Waals surface area contributed by atoms with Gasteiger partial charge in [0.2, 0.25) is 5.91 Å². The first kappa shape index (κ1) is 18.0. The van der Waals surface area contributed by atoms with Crippen molar-refractivity contribution in [3.05, 3.63) is 29.8 Å². The number of hydrogen-bond acceptors (Lipinski definition) is 4. The minimum atomic E-state index is -0.867. The number of benzene rings is 1. The zero-order chi connectivity index (χ0) is 17.7. The highest BCUT2D eigenvalue weighted by Crippen LogP contribution is 2.19. The third-order valence-electron chi connectivity index (χ3n) is 4.32. The second-order valence-corrected chi connectivity index (χ2v) is 6.38. The zero-order valence-corrected chi connectivity index (χ0v) is 14.2. The fraction of sp³-hybridized carbons (Fsp3) is 0.500. The lowest BCUT2D eigenvalue weighted by Crippen LogP contribution is -2.49. The minimum absolute atomic E-state index is 0.0220. The van der Waals surface area contributed by atoms with Gasteiger partial charge in [-0.05, 0) is 37.1 Å². The Balaban J connectivity index is 1.85. The summed E-state index contributed by atoms with van der Waals surface area (Å²) >= 11 is 0. The van der Waals surface area contributed by atoms with E-state index in [-0.39, 0.29) is 30.4 Å². The Labute approximate surface area is 142 Å². The maximum absolute atomic E-state index is 12.2. The number of aliphatic carboxylic acids is 1. The van der Waals surface area contributed by atoms with Gasteiger partial charge in [0, 0.05) is 50.3 Å². The number of carboxylic acid groups (broad SMARTS) is 1. The number of piperazine rings is 1. The molecule has 2 rings (SSSR count). The van der Waals surface area contributed by atoms with Crippen LogP contribution in [0.3, 0.4) is 0 Å². The lowest BCUT2D eigenvalue weighted by Gasteiger charge is -2.36. The predicted molar refractivity (Wildman–Crippen MR) is 91.3 cm³/mol. The Bertz CT molecular complexity index is 604. The molecule has 0 spiro atoms. The van der Waals surface area contributed by atoms with Crippen molar-refractivity contribution in [2.75, 3.05) is 31.1 Å². The summed E-state index contributed by atoms with van der Waals surface area (Å²) in [6.07, 6.45) is 0.299. The summed E-state index contributed by atoms with van der Waals surface area (Å²) in [7, 11) is 0. The molecule has 1 aromatic rings. The first-order chi connectivity index (χ1) is 11.4. The molecule has 130 valence electrons. The summed E-state index contributed by atoms with van der Waals surface area (Å²) in [6, 6.07) is 7.51. The van der Waals surface area contributed by atoms with Gasteiger partial charge >= 0.3 is 5.97 Å². The third-order valence-corrected chi connectivity index (χ3v) is 4.32. The first-order valence-electron chi connectivity index (χ1n) is 8.22. The molecule has 1 aliphatic rings. The van der Waals surface area contributed by atoms with Gasteiger partial charge in [-0.1, -0.05) is 6.92 Å². The standard InChI is InChI=1S/C18H24N2O4/c1-13(12-18(23)24)11-17(22)20-9-7-19(8-10-20)16-5-3-15(4-6-16)14(2)21/h3-6,13H,7-12H2,1-2H3,(H,23,24)/t13-/m1/s1. The molecule has 0 unspecified atom stereocenters. The Hall–Kier alpha value is -2.37. The molecule has 1 saturated heterocycles. The van der Waals surface area contributed by atoms with E-state index in [4.69, 9.17) is 5.11 Å². The van der Waals surface area contributed by atoms with E-state index < -0.39 is 5.97 Å². The molecule has 1 fully saturated rings. The molecule has 1 aliphatic heterocycles. The van der Waals surface area contributed by atoms with Gasteiger partial charge in [0.1, 0.15) is 0 Å². The molecule has 0 aromatic heterocycles. The number of Topliss-reactive ketones (excluding diaryl/α,β-unsaturated/α-hetero) is 1. The molecule has 0 bridgehead atoms. The molecular weight excluding hydrogens is 308 g/mol. The van der Waals surface area contributed by atoms with Gasteiger partial charge in [-0.2, -0.15) is 0 Å². The van der Waals surface area contributed by atoms with Crippen LogP contribution in [0, 0.1) is 5.92 Å². The molecule has 6 nitrogen and oxygen atoms in total. The van der Waals surface area contributed by atoms with Crippen molar-refractivity contribution in [3.63, 3.8) is 0 Å². The average Bonchev–Trinajstić information content (AvgIpc) is 2.54. The van der Waals surface area contributed by atoms with Crippen LogP contribution in [-0.4, -0.2) is 53.8 Å². The van der Waals surface area contributed by atoms with Crippen molar-refractivity contribution >= 4 is 23.3 Å². The molecule has 6 heteroatoms. The Kier molecular flexibility index (Phi) is 5.95. The summed E-state index contributed by atoms with van der Waals surface area (Å²) in [5.74, 6) is -0.941. The zero-order valence-electron chi connectivity index (χ0n) is 14.2. The average molecular weight is 332 g/mol. The second kappa shape index (κ2) is 7.95. The van der Waals surface area contributed by atoms with E-state index in [0.29, 0.717) is 18.7 Å². The van der Waals surface area contributed by atoms with Crippen molar-refractivity contribution < 1.29 is 19.5 Å². The molecule has 1 N–H and O–H groups in total. The van der Waals surface area contributed by atoms with Gasteiger partial charge in [-0.15, -0.1) is 0 Å². The number of carbonyl (C=O) groups is 3. The van der Waals surface area contributed by atoms with Crippen molar-refractivity contribution in [3.8, 4) is 0 Å². The molecule has 0 radical (unpaired) electrons. The van der Waals surface area contributed by atoms with E-state index in [1.165, 1.54) is 0 Å². The third kappa shape index (κ3) is 4.81. The van der Waals surface area contributed by atoms with E-state index in [2.05, 4.69) is 4.90 Å². The summed E-state index contributed by atoms with van der Waals surface area (Å²) < 4.78 is 0. The number of carbonyl (C=O) groups excluding carboxylic acids is 2. The monoisotopic (exact) mass is 332 g/mol. The maximum Gasteiger partial charge on any atom is 0.303 e. The normalized spacial score (nSPS) is 15.9. The van der Waals surface area contributed by atoms with Crippen LogP contribution >= 0.6 is 0 Å². The van der Waals surface area contributed by atoms with E-state index >= 15 is 0 Å². The molecule has 1 aromatic carbocycles. The minimum Gasteiger partial charge on any atom is -0.481 e. The molecular formula is C18H24N2O4. The van der Waals surface area contributed by atoms with Crippen molar-refractivity contribution in [2.24, 2.45) is 5.92 Å². The predicted octanol–water partition coefficient (Wildman–Crippen LogP) is 2.04. The summed E-state index contributed by atoms with van der Waals surface area (Å²) in [6.45, 7) is 6.07. The Morgan fingerprint density at radius 2 is 1.62 bits per heavy atom. The highest BCUT2D eigenvalue weighted by Gasteiger charge is 2.23. The van der Waals surface area contributed by atoms with Crippen LogP contribution in [0.2, 0.25) is 0 Å². The van der Waals surface area contributed by atoms with Crippen LogP contribution in [0.25, 0.3) is 0 Å². The summed E-state index contributed by atoms with van der Waals surface area (Å²) in [5.41, 5.74) is 1.74. The number of amides is 1. The quantitative estimate of drug-likeness (QED) is 0.807. The van der Waals surface area contributed by atoms with Crippen molar-refractivity contribution in [1.82, 2.24) is 4.90 Å². The summed E-state index contributed by atoms with van der Waals surface area (Å²) in [5, 5.41) is 8.77. The smallest absolute Gasteiger partial charge is 0.303 e. The van der Waals surface area contributed by atoms with Crippen LogP contribution in [0.4, 0.5) is 5.69 Å². The van der Waals surface area contributed by atoms with E-state index in [9.17, 15) is 14.4 Å². The SMILES string of the molecule is CC(=O)c1ccc(N2CCN(C(=O)C[C@@H](C)CC(=O)O)CC2)cc1. The largest absolute Gasteiger partial charge is 0.481 e. The van der Waals surface area contributed by atoms with E-state index in [0.717, 1.165) is 18.8 Å². The lowest BCUT2D eigenvalue weighted by atomic mass is 10.0. The Morgan fingerprint density at radius 1 is 1.04 bits per heavy atom. The van der Waals surface area contributed by atoms with E-state index in [1.54, 1.807) is 18.7 Å². The van der Waals surface area contributed by atoms with Gasteiger partial charge in [0.15, 0.2) is 5.78 Å². The fourth-order valence-electron chi connectivity index (χ4n) is 2.92. The number of ketones is 1. The van der Waals surface area contributed by atoms with E-state index in [1.807, 2.05) is 24.3 Å². The maximum atomic E-state index is 12.2. The summed E-state index contributed by atoms with van der Waals surface area (Å²) in [4.78, 5) is 38.2. The Morgan fingerprint density at radius 3 is 2.12 bits per heavy atom. The van der Waals surface area contributed by atoms with Crippen LogP contribution in [0.15, 0.2) is 24.3 Å². The number of carboxylic acids is 1. The molecule has 1 atom stereocenters. The number of nitrogens with zero attached hydrogens (tertiary/aromatic N) is 2. The van der Waals surface area contributed by atoms with Gasteiger partial charge in [-0.3, -0.25) is 14.4 Å². The lowest BCUT2D eigenvalue weighted by molar-refractivity contribution is -0.138. The fourth-order valence-corrected chi connectivity index (χ4v) is 2.92. The topological polar surface area (TPSA) is 77.9 Å². The molecule has 24 heavy (non-hydrogen) atoms. The van der Waals surface area contributed by atoms with Crippen molar-refractivity contribution in [1.29, 1.82) is 0 Å².